The Kier molecular flexibility index (Phi) is 5.24. The van der Waals surface area contributed by atoms with E-state index in [2.05, 4.69) is 0 Å². The van der Waals surface area contributed by atoms with Crippen molar-refractivity contribution in [2.24, 2.45) is 5.92 Å². The number of carbonyl (C=O) groups excluding carboxylic acids is 1. The number of nitro groups is 1. The van der Waals surface area contributed by atoms with Crippen molar-refractivity contribution < 1.29 is 9.72 Å². The minimum Gasteiger partial charge on any atom is -0.303 e. The number of allylic oxidation sites excluding steroid dienone is 2. The van der Waals surface area contributed by atoms with E-state index in [1.165, 1.54) is 0 Å². The van der Waals surface area contributed by atoms with Gasteiger partial charge in [0, 0.05) is 10.8 Å². The topological polar surface area (TPSA) is 60.2 Å². The lowest BCUT2D eigenvalue weighted by Gasteiger charge is -2.17. The Hall–Kier alpha value is -1.97. The van der Waals surface area contributed by atoms with E-state index in [0.29, 0.717) is 0 Å². The van der Waals surface area contributed by atoms with Gasteiger partial charge in [-0.25, -0.2) is 0 Å². The number of hydrogen-bond donors (Lipinski definition) is 0. The van der Waals surface area contributed by atoms with Crippen molar-refractivity contribution >= 4 is 6.29 Å². The lowest BCUT2D eigenvalue weighted by Crippen LogP contribution is -2.21. The molecule has 1 rings (SSSR count). The lowest BCUT2D eigenvalue weighted by atomic mass is 9.86. The predicted octanol–water partition coefficient (Wildman–Crippen LogP) is 2.83. The molecule has 0 aliphatic carbocycles. The molecule has 4 heteroatoms. The van der Waals surface area contributed by atoms with Crippen LogP contribution in [-0.4, -0.2) is 17.8 Å². The molecular weight excluding hydrogens is 230 g/mol. The fraction of sp³-hybridized carbons (Fsp3) is 0.357. The average molecular weight is 247 g/mol. The van der Waals surface area contributed by atoms with Crippen LogP contribution in [0.1, 0.15) is 25.3 Å². The third-order valence-corrected chi connectivity index (χ3v) is 2.72. The summed E-state index contributed by atoms with van der Waals surface area (Å²) >= 11 is 0. The molecule has 1 aromatic carbocycles. The summed E-state index contributed by atoms with van der Waals surface area (Å²) in [5.74, 6) is -0.864. The molecule has 0 N–H and O–H groups in total. The number of hydrogen-bond acceptors (Lipinski definition) is 3. The molecule has 2 atom stereocenters. The molecule has 0 aliphatic rings. The van der Waals surface area contributed by atoms with Gasteiger partial charge < -0.3 is 4.79 Å². The molecule has 0 spiro atoms. The molecule has 18 heavy (non-hydrogen) atoms. The first-order valence-electron chi connectivity index (χ1n) is 5.81. The maximum atomic E-state index is 11.2. The summed E-state index contributed by atoms with van der Waals surface area (Å²) < 4.78 is 0. The monoisotopic (exact) mass is 247 g/mol. The highest BCUT2D eigenvalue weighted by Crippen LogP contribution is 2.25. The Balaban J connectivity index is 3.08. The summed E-state index contributed by atoms with van der Waals surface area (Å²) in [6.07, 6.45) is 2.57. The SMILES string of the molecule is CC(C)=C[C@@H](C=O)[C@H](C[N+](=O)[O-])c1ccccc1. The maximum Gasteiger partial charge on any atom is 0.211 e. The average Bonchev–Trinajstić information content (AvgIpc) is 2.34. The van der Waals surface area contributed by atoms with Crippen molar-refractivity contribution in [2.75, 3.05) is 6.54 Å². The number of benzene rings is 1. The third kappa shape index (κ3) is 4.13. The Labute approximate surface area is 106 Å². The molecule has 0 heterocycles. The van der Waals surface area contributed by atoms with Crippen molar-refractivity contribution in [2.45, 2.75) is 19.8 Å². The largest absolute Gasteiger partial charge is 0.303 e. The van der Waals surface area contributed by atoms with Gasteiger partial charge in [0.2, 0.25) is 6.54 Å². The van der Waals surface area contributed by atoms with Crippen LogP contribution in [0.3, 0.4) is 0 Å². The molecule has 0 unspecified atom stereocenters. The fourth-order valence-corrected chi connectivity index (χ4v) is 1.95. The molecule has 0 radical (unpaired) electrons. The summed E-state index contributed by atoms with van der Waals surface area (Å²) in [5.41, 5.74) is 1.81. The highest BCUT2D eigenvalue weighted by molar-refractivity contribution is 5.59. The minimum absolute atomic E-state index is 0.239. The molecule has 0 saturated carbocycles. The minimum atomic E-state index is -0.456. The number of nitrogens with zero attached hydrogens (tertiary/aromatic N) is 1. The fourth-order valence-electron chi connectivity index (χ4n) is 1.95. The van der Waals surface area contributed by atoms with Crippen LogP contribution in [0, 0.1) is 16.0 Å². The zero-order valence-electron chi connectivity index (χ0n) is 10.6. The molecule has 0 saturated heterocycles. The van der Waals surface area contributed by atoms with E-state index in [9.17, 15) is 14.9 Å². The van der Waals surface area contributed by atoms with Gasteiger partial charge >= 0.3 is 0 Å². The molecule has 96 valence electrons. The van der Waals surface area contributed by atoms with Crippen molar-refractivity contribution in [1.82, 2.24) is 0 Å². The van der Waals surface area contributed by atoms with Crippen LogP contribution in [0.15, 0.2) is 42.0 Å². The Morgan fingerprint density at radius 1 is 1.33 bits per heavy atom. The van der Waals surface area contributed by atoms with Gasteiger partial charge in [-0.15, -0.1) is 0 Å². The van der Waals surface area contributed by atoms with Crippen LogP contribution in [0.25, 0.3) is 0 Å². The zero-order chi connectivity index (χ0) is 13.5. The van der Waals surface area contributed by atoms with Crippen molar-refractivity contribution in [3.63, 3.8) is 0 Å². The third-order valence-electron chi connectivity index (χ3n) is 2.72. The molecule has 1 aromatic rings. The molecular formula is C14H17NO3. The zero-order valence-corrected chi connectivity index (χ0v) is 10.6. The first-order chi connectivity index (χ1) is 8.54. The second kappa shape index (κ2) is 6.69. The van der Waals surface area contributed by atoms with Crippen LogP contribution in [0.2, 0.25) is 0 Å². The standard InChI is InChI=1S/C14H17NO3/c1-11(2)8-13(10-16)14(9-15(17)18)12-6-4-3-5-7-12/h3-8,10,13-14H,9H2,1-2H3/t13-,14+/m0/s1. The van der Waals surface area contributed by atoms with Gasteiger partial charge in [0.1, 0.15) is 6.29 Å². The van der Waals surface area contributed by atoms with Gasteiger partial charge in [-0.1, -0.05) is 42.0 Å². The number of rotatable bonds is 6. The highest BCUT2D eigenvalue weighted by atomic mass is 16.6. The first-order valence-corrected chi connectivity index (χ1v) is 5.81. The molecule has 0 aliphatic heterocycles. The summed E-state index contributed by atoms with van der Waals surface area (Å²) in [6, 6.07) is 9.15. The molecule has 0 bridgehead atoms. The van der Waals surface area contributed by atoms with E-state index in [1.54, 1.807) is 6.08 Å². The van der Waals surface area contributed by atoms with Gasteiger partial charge in [-0.05, 0) is 19.4 Å². The highest BCUT2D eigenvalue weighted by Gasteiger charge is 2.25. The quantitative estimate of drug-likeness (QED) is 0.336. The van der Waals surface area contributed by atoms with Crippen LogP contribution in [-0.2, 0) is 4.79 Å². The van der Waals surface area contributed by atoms with Gasteiger partial charge in [0.15, 0.2) is 0 Å². The van der Waals surface area contributed by atoms with E-state index in [0.717, 1.165) is 17.4 Å². The second-order valence-electron chi connectivity index (χ2n) is 4.49. The van der Waals surface area contributed by atoms with Crippen molar-refractivity contribution in [3.05, 3.63) is 57.7 Å². The Bertz CT molecular complexity index is 436. The van der Waals surface area contributed by atoms with Gasteiger partial charge in [0.05, 0.1) is 5.92 Å². The predicted molar refractivity (Wildman–Crippen MR) is 70.0 cm³/mol. The molecule has 0 aromatic heterocycles. The lowest BCUT2D eigenvalue weighted by molar-refractivity contribution is -0.484. The first kappa shape index (κ1) is 14.1. The van der Waals surface area contributed by atoms with Crippen LogP contribution in [0.5, 0.6) is 0 Å². The van der Waals surface area contributed by atoms with E-state index in [1.807, 2.05) is 44.2 Å². The van der Waals surface area contributed by atoms with E-state index < -0.39 is 11.8 Å². The smallest absolute Gasteiger partial charge is 0.211 e. The Morgan fingerprint density at radius 3 is 2.39 bits per heavy atom. The van der Waals surface area contributed by atoms with Crippen LogP contribution < -0.4 is 0 Å². The van der Waals surface area contributed by atoms with Crippen molar-refractivity contribution in [3.8, 4) is 0 Å². The van der Waals surface area contributed by atoms with Crippen LogP contribution in [0.4, 0.5) is 0 Å². The number of aldehydes is 1. The summed E-state index contributed by atoms with van der Waals surface area (Å²) in [6.45, 7) is 3.52. The van der Waals surface area contributed by atoms with E-state index >= 15 is 0 Å². The molecule has 0 amide bonds. The maximum absolute atomic E-state index is 11.2. The van der Waals surface area contributed by atoms with Gasteiger partial charge in [-0.2, -0.15) is 0 Å². The normalized spacial score (nSPS) is 13.4. The number of carbonyl (C=O) groups is 1. The van der Waals surface area contributed by atoms with Gasteiger partial charge in [-0.3, -0.25) is 10.1 Å². The van der Waals surface area contributed by atoms with E-state index in [4.69, 9.17) is 0 Å². The van der Waals surface area contributed by atoms with Crippen LogP contribution >= 0.6 is 0 Å². The molecule has 4 nitrogen and oxygen atoms in total. The summed E-state index contributed by atoms with van der Waals surface area (Å²) in [5, 5.41) is 10.8. The Morgan fingerprint density at radius 2 is 1.94 bits per heavy atom. The second-order valence-corrected chi connectivity index (χ2v) is 4.49. The van der Waals surface area contributed by atoms with E-state index in [-0.39, 0.29) is 11.5 Å². The molecule has 0 fully saturated rings. The summed E-state index contributed by atoms with van der Waals surface area (Å²) in [4.78, 5) is 21.6. The van der Waals surface area contributed by atoms with Crippen molar-refractivity contribution in [1.29, 1.82) is 0 Å². The van der Waals surface area contributed by atoms with Gasteiger partial charge in [0.25, 0.3) is 0 Å². The summed E-state index contributed by atoms with van der Waals surface area (Å²) in [7, 11) is 0.